The van der Waals surface area contributed by atoms with E-state index in [1.165, 1.54) is 25.8 Å². The monoisotopic (exact) mass is 228 g/mol. The lowest BCUT2D eigenvalue weighted by molar-refractivity contribution is 0.00764. The highest BCUT2D eigenvalue weighted by molar-refractivity contribution is 4.90. The molecule has 0 bridgehead atoms. The van der Waals surface area contributed by atoms with E-state index in [1.54, 1.807) is 0 Å². The van der Waals surface area contributed by atoms with E-state index in [9.17, 15) is 0 Å². The molecule has 0 aromatic carbocycles. The van der Waals surface area contributed by atoms with E-state index in [0.717, 1.165) is 25.7 Å². The molecule has 0 spiro atoms. The summed E-state index contributed by atoms with van der Waals surface area (Å²) in [4.78, 5) is 2.54. The third-order valence-corrected chi connectivity index (χ3v) is 3.49. The summed E-state index contributed by atoms with van der Waals surface area (Å²) in [5.41, 5.74) is 5.98. The third-order valence-electron chi connectivity index (χ3n) is 3.49. The van der Waals surface area contributed by atoms with Crippen molar-refractivity contribution in [2.45, 2.75) is 45.6 Å². The van der Waals surface area contributed by atoms with Gasteiger partial charge in [-0.25, -0.2) is 0 Å². The molecule has 1 unspecified atom stereocenters. The minimum Gasteiger partial charge on any atom is -0.380 e. The first-order valence-electron chi connectivity index (χ1n) is 6.69. The Morgan fingerprint density at radius 2 is 2.06 bits per heavy atom. The summed E-state index contributed by atoms with van der Waals surface area (Å²) in [5.74, 6) is 0.916. The molecule has 0 heterocycles. The second-order valence-electron chi connectivity index (χ2n) is 5.23. The summed E-state index contributed by atoms with van der Waals surface area (Å²) in [5, 5.41) is 0. The van der Waals surface area contributed by atoms with Crippen LogP contribution in [0.5, 0.6) is 0 Å². The standard InChI is InChI=1S/C13H28N2O/c1-4-8-15(9-12-6-7-12)13(3,10-14)11-16-5-2/h12H,4-11,14H2,1-3H3. The van der Waals surface area contributed by atoms with Gasteiger partial charge in [0.1, 0.15) is 0 Å². The number of rotatable bonds is 9. The van der Waals surface area contributed by atoms with Gasteiger partial charge in [-0.1, -0.05) is 6.92 Å². The van der Waals surface area contributed by atoms with Gasteiger partial charge in [-0.3, -0.25) is 4.90 Å². The fourth-order valence-electron chi connectivity index (χ4n) is 2.06. The van der Waals surface area contributed by atoms with Crippen LogP contribution in [0, 0.1) is 5.92 Å². The molecule has 1 aliphatic carbocycles. The predicted octanol–water partition coefficient (Wildman–Crippen LogP) is 1.86. The summed E-state index contributed by atoms with van der Waals surface area (Å²) < 4.78 is 5.60. The number of ether oxygens (including phenoxy) is 1. The summed E-state index contributed by atoms with van der Waals surface area (Å²) in [7, 11) is 0. The van der Waals surface area contributed by atoms with Crippen molar-refractivity contribution in [3.8, 4) is 0 Å². The highest BCUT2D eigenvalue weighted by atomic mass is 16.5. The number of hydrogen-bond acceptors (Lipinski definition) is 3. The van der Waals surface area contributed by atoms with Gasteiger partial charge in [0.05, 0.1) is 12.1 Å². The Kier molecular flexibility index (Phi) is 5.73. The topological polar surface area (TPSA) is 38.5 Å². The quantitative estimate of drug-likeness (QED) is 0.654. The predicted molar refractivity (Wildman–Crippen MR) is 68.5 cm³/mol. The van der Waals surface area contributed by atoms with Crippen LogP contribution in [0.1, 0.15) is 40.0 Å². The van der Waals surface area contributed by atoms with Crippen molar-refractivity contribution >= 4 is 0 Å². The van der Waals surface area contributed by atoms with Crippen molar-refractivity contribution in [3.63, 3.8) is 0 Å². The molecule has 0 aliphatic heterocycles. The Morgan fingerprint density at radius 3 is 2.50 bits per heavy atom. The minimum atomic E-state index is 0.0224. The second kappa shape index (κ2) is 6.58. The lowest BCUT2D eigenvalue weighted by atomic mass is 10.00. The summed E-state index contributed by atoms with van der Waals surface area (Å²) in [6, 6.07) is 0. The third kappa shape index (κ3) is 4.04. The van der Waals surface area contributed by atoms with Crippen LogP contribution in [-0.4, -0.2) is 43.3 Å². The molecule has 0 amide bonds. The van der Waals surface area contributed by atoms with Gasteiger partial charge in [-0.2, -0.15) is 0 Å². The molecule has 3 heteroatoms. The summed E-state index contributed by atoms with van der Waals surface area (Å²) >= 11 is 0. The highest BCUT2D eigenvalue weighted by Gasteiger charge is 2.34. The van der Waals surface area contributed by atoms with Gasteiger partial charge in [0.25, 0.3) is 0 Å². The normalized spacial score (nSPS) is 20.1. The fourth-order valence-corrected chi connectivity index (χ4v) is 2.06. The Balaban J connectivity index is 2.53. The molecule has 0 radical (unpaired) electrons. The van der Waals surface area contributed by atoms with E-state index in [0.29, 0.717) is 6.54 Å². The minimum absolute atomic E-state index is 0.0224. The molecule has 0 aromatic rings. The first-order valence-corrected chi connectivity index (χ1v) is 6.69. The van der Waals surface area contributed by atoms with Gasteiger partial charge in [0.2, 0.25) is 0 Å². The van der Waals surface area contributed by atoms with Gasteiger partial charge < -0.3 is 10.5 Å². The van der Waals surface area contributed by atoms with E-state index >= 15 is 0 Å². The van der Waals surface area contributed by atoms with Gasteiger partial charge >= 0.3 is 0 Å². The first kappa shape index (κ1) is 13.9. The van der Waals surface area contributed by atoms with Crippen LogP contribution in [0.3, 0.4) is 0 Å². The zero-order valence-electron chi connectivity index (χ0n) is 11.2. The molecule has 1 rings (SSSR count). The molecule has 2 N–H and O–H groups in total. The largest absolute Gasteiger partial charge is 0.380 e. The average molecular weight is 228 g/mol. The van der Waals surface area contributed by atoms with E-state index in [2.05, 4.69) is 18.7 Å². The molecule has 0 aromatic heterocycles. The molecule has 1 aliphatic rings. The molecule has 1 saturated carbocycles. The van der Waals surface area contributed by atoms with E-state index in [1.807, 2.05) is 6.92 Å². The van der Waals surface area contributed by atoms with E-state index < -0.39 is 0 Å². The van der Waals surface area contributed by atoms with Gasteiger partial charge in [-0.15, -0.1) is 0 Å². The molecule has 0 saturated heterocycles. The Labute approximate surface area is 100 Å². The fraction of sp³-hybridized carbons (Fsp3) is 1.00. The van der Waals surface area contributed by atoms with Gasteiger partial charge in [0.15, 0.2) is 0 Å². The van der Waals surface area contributed by atoms with Crippen molar-refractivity contribution < 1.29 is 4.74 Å². The average Bonchev–Trinajstić information content (AvgIpc) is 3.09. The van der Waals surface area contributed by atoms with Crippen LogP contribution >= 0.6 is 0 Å². The number of nitrogens with two attached hydrogens (primary N) is 1. The lowest BCUT2D eigenvalue weighted by Gasteiger charge is -2.40. The highest BCUT2D eigenvalue weighted by Crippen LogP contribution is 2.32. The molecule has 16 heavy (non-hydrogen) atoms. The van der Waals surface area contributed by atoms with Crippen molar-refractivity contribution in [1.29, 1.82) is 0 Å². The maximum atomic E-state index is 5.95. The van der Waals surface area contributed by atoms with Crippen LogP contribution in [0.4, 0.5) is 0 Å². The van der Waals surface area contributed by atoms with Crippen LogP contribution in [0.15, 0.2) is 0 Å². The summed E-state index contributed by atoms with van der Waals surface area (Å²) in [6.07, 6.45) is 3.99. The number of nitrogens with zero attached hydrogens (tertiary/aromatic N) is 1. The van der Waals surface area contributed by atoms with Crippen molar-refractivity contribution in [3.05, 3.63) is 0 Å². The zero-order chi connectivity index (χ0) is 12.0. The van der Waals surface area contributed by atoms with Crippen LogP contribution in [0.2, 0.25) is 0 Å². The van der Waals surface area contributed by atoms with E-state index in [4.69, 9.17) is 10.5 Å². The smallest absolute Gasteiger partial charge is 0.0659 e. The number of hydrogen-bond donors (Lipinski definition) is 1. The van der Waals surface area contributed by atoms with Crippen molar-refractivity contribution in [1.82, 2.24) is 4.90 Å². The van der Waals surface area contributed by atoms with Crippen LogP contribution in [0.25, 0.3) is 0 Å². The maximum absolute atomic E-state index is 5.95. The Bertz CT molecular complexity index is 194. The Morgan fingerprint density at radius 1 is 1.38 bits per heavy atom. The Hall–Kier alpha value is -0.120. The SMILES string of the molecule is CCCN(CC1CC1)C(C)(CN)COCC. The maximum Gasteiger partial charge on any atom is 0.0659 e. The lowest BCUT2D eigenvalue weighted by Crippen LogP contribution is -2.55. The van der Waals surface area contributed by atoms with Crippen molar-refractivity contribution in [2.75, 3.05) is 32.8 Å². The molecule has 3 nitrogen and oxygen atoms in total. The molecule has 96 valence electrons. The second-order valence-corrected chi connectivity index (χ2v) is 5.23. The van der Waals surface area contributed by atoms with Crippen LogP contribution in [-0.2, 0) is 4.74 Å². The van der Waals surface area contributed by atoms with Gasteiger partial charge in [-0.05, 0) is 45.6 Å². The first-order chi connectivity index (χ1) is 7.66. The molecular weight excluding hydrogens is 200 g/mol. The molecule has 1 atom stereocenters. The zero-order valence-corrected chi connectivity index (χ0v) is 11.2. The van der Waals surface area contributed by atoms with Crippen molar-refractivity contribution in [2.24, 2.45) is 11.7 Å². The van der Waals surface area contributed by atoms with E-state index in [-0.39, 0.29) is 5.54 Å². The molecular formula is C13H28N2O. The van der Waals surface area contributed by atoms with Gasteiger partial charge in [0, 0.05) is 19.7 Å². The van der Waals surface area contributed by atoms with Crippen LogP contribution < -0.4 is 5.73 Å². The molecule has 1 fully saturated rings. The summed E-state index contributed by atoms with van der Waals surface area (Å²) in [6.45, 7) is 11.1.